The molecule has 0 fully saturated rings. The summed E-state index contributed by atoms with van der Waals surface area (Å²) >= 11 is 6.20. The van der Waals surface area contributed by atoms with Gasteiger partial charge < -0.3 is 9.47 Å². The number of esters is 1. The van der Waals surface area contributed by atoms with E-state index in [9.17, 15) is 4.79 Å². The number of aliphatic imine (C=N–C) groups is 1. The molecule has 0 amide bonds. The Morgan fingerprint density at radius 3 is 2.83 bits per heavy atom. The lowest BCUT2D eigenvalue weighted by Gasteiger charge is -2.07. The van der Waals surface area contributed by atoms with Crippen LogP contribution in [0.4, 0.5) is 0 Å². The number of benzene rings is 1. The second-order valence-electron chi connectivity index (χ2n) is 3.57. The normalized spacial score (nSPS) is 18.4. The number of carbonyl (C=O) groups is 1. The fourth-order valence-electron chi connectivity index (χ4n) is 1.44. The van der Waals surface area contributed by atoms with Crippen molar-refractivity contribution in [1.82, 2.24) is 0 Å². The van der Waals surface area contributed by atoms with E-state index in [0.29, 0.717) is 6.61 Å². The first-order valence-corrected chi connectivity index (χ1v) is 5.97. The van der Waals surface area contributed by atoms with Crippen molar-refractivity contribution < 1.29 is 14.3 Å². The molecule has 1 aliphatic rings. The van der Waals surface area contributed by atoms with Crippen molar-refractivity contribution in [1.29, 1.82) is 0 Å². The lowest BCUT2D eigenvalue weighted by molar-refractivity contribution is -0.130. The van der Waals surface area contributed by atoms with Crippen LogP contribution in [0.15, 0.2) is 47.3 Å². The smallest absolute Gasteiger partial charge is 0.366 e. The first-order valence-electron chi connectivity index (χ1n) is 5.54. The lowest BCUT2D eigenvalue weighted by Crippen LogP contribution is -2.10. The third-order valence-corrected chi connectivity index (χ3v) is 2.75. The Kier molecular flexibility index (Phi) is 3.99. The Bertz CT molecular complexity index is 496. The SMILES string of the molecule is CCO/C=C1/N=C(C(Cl)c2ccccc2)OC1=O. The summed E-state index contributed by atoms with van der Waals surface area (Å²) in [6, 6.07) is 9.30. The molecule has 0 N–H and O–H groups in total. The number of halogens is 1. The molecule has 0 aliphatic carbocycles. The number of carbonyl (C=O) groups excluding carboxylic acids is 1. The van der Waals surface area contributed by atoms with Crippen molar-refractivity contribution in [2.24, 2.45) is 4.99 Å². The van der Waals surface area contributed by atoms with Crippen LogP contribution in [0.5, 0.6) is 0 Å². The Balaban J connectivity index is 2.18. The van der Waals surface area contributed by atoms with Crippen LogP contribution in [0.1, 0.15) is 17.9 Å². The molecule has 0 saturated heterocycles. The summed E-state index contributed by atoms with van der Waals surface area (Å²) in [7, 11) is 0. The van der Waals surface area contributed by atoms with Crippen molar-refractivity contribution in [3.63, 3.8) is 0 Å². The molecule has 0 saturated carbocycles. The van der Waals surface area contributed by atoms with Gasteiger partial charge in [-0.1, -0.05) is 30.3 Å². The average molecular weight is 266 g/mol. The zero-order chi connectivity index (χ0) is 13.0. The summed E-state index contributed by atoms with van der Waals surface area (Å²) in [5, 5.41) is -0.581. The molecule has 18 heavy (non-hydrogen) atoms. The van der Waals surface area contributed by atoms with E-state index >= 15 is 0 Å². The molecule has 1 unspecified atom stereocenters. The van der Waals surface area contributed by atoms with Crippen LogP contribution in [-0.2, 0) is 14.3 Å². The molecule has 0 spiro atoms. The van der Waals surface area contributed by atoms with Crippen molar-refractivity contribution >= 4 is 23.5 Å². The first kappa shape index (κ1) is 12.6. The van der Waals surface area contributed by atoms with Crippen molar-refractivity contribution in [3.05, 3.63) is 47.9 Å². The van der Waals surface area contributed by atoms with Gasteiger partial charge in [-0.3, -0.25) is 0 Å². The summed E-state index contributed by atoms with van der Waals surface area (Å²) in [4.78, 5) is 15.5. The summed E-state index contributed by atoms with van der Waals surface area (Å²) in [5.41, 5.74) is 0.955. The predicted molar refractivity (Wildman–Crippen MR) is 68.3 cm³/mol. The molecule has 0 radical (unpaired) electrons. The molecule has 5 heteroatoms. The number of rotatable bonds is 4. The molecule has 2 rings (SSSR count). The van der Waals surface area contributed by atoms with E-state index in [4.69, 9.17) is 21.1 Å². The number of hydrogen-bond donors (Lipinski definition) is 0. The number of nitrogens with zero attached hydrogens (tertiary/aromatic N) is 1. The minimum Gasteiger partial charge on any atom is -0.499 e. The summed E-state index contributed by atoms with van der Waals surface area (Å²) < 4.78 is 10.0. The van der Waals surface area contributed by atoms with Crippen LogP contribution in [0.25, 0.3) is 0 Å². The lowest BCUT2D eigenvalue weighted by atomic mass is 10.1. The Morgan fingerprint density at radius 2 is 2.17 bits per heavy atom. The maximum absolute atomic E-state index is 11.5. The van der Waals surface area contributed by atoms with E-state index in [2.05, 4.69) is 4.99 Å². The highest BCUT2D eigenvalue weighted by atomic mass is 35.5. The van der Waals surface area contributed by atoms with Gasteiger partial charge in [0, 0.05) is 0 Å². The topological polar surface area (TPSA) is 47.9 Å². The van der Waals surface area contributed by atoms with Gasteiger partial charge >= 0.3 is 5.97 Å². The summed E-state index contributed by atoms with van der Waals surface area (Å²) in [6.45, 7) is 2.28. The first-order chi connectivity index (χ1) is 8.72. The van der Waals surface area contributed by atoms with Crippen LogP contribution in [0, 0.1) is 0 Å². The molecule has 1 aliphatic heterocycles. The van der Waals surface area contributed by atoms with E-state index in [-0.39, 0.29) is 11.6 Å². The Labute approximate surface area is 110 Å². The van der Waals surface area contributed by atoms with E-state index in [1.165, 1.54) is 6.26 Å². The molecule has 1 heterocycles. The molecule has 0 bridgehead atoms. The van der Waals surface area contributed by atoms with Gasteiger partial charge in [0.15, 0.2) is 5.70 Å². The second kappa shape index (κ2) is 5.69. The molecule has 94 valence electrons. The third kappa shape index (κ3) is 2.71. The maximum atomic E-state index is 11.5. The highest BCUT2D eigenvalue weighted by Crippen LogP contribution is 2.27. The second-order valence-corrected chi connectivity index (χ2v) is 4.01. The molecular formula is C13H12ClNO3. The summed E-state index contributed by atoms with van der Waals surface area (Å²) in [6.07, 6.45) is 1.28. The zero-order valence-electron chi connectivity index (χ0n) is 9.80. The molecular weight excluding hydrogens is 254 g/mol. The van der Waals surface area contributed by atoms with E-state index in [1.54, 1.807) is 0 Å². The van der Waals surface area contributed by atoms with Gasteiger partial charge in [0.25, 0.3) is 0 Å². The standard InChI is InChI=1S/C13H12ClNO3/c1-2-17-8-10-13(16)18-12(15-10)11(14)9-6-4-3-5-7-9/h3-8,11H,2H2,1H3/b10-8+. The monoisotopic (exact) mass is 265 g/mol. The third-order valence-electron chi connectivity index (χ3n) is 2.31. The average Bonchev–Trinajstić information content (AvgIpc) is 2.78. The van der Waals surface area contributed by atoms with Crippen molar-refractivity contribution in [2.45, 2.75) is 12.3 Å². The minimum absolute atomic E-state index is 0.133. The molecule has 1 atom stereocenters. The molecule has 1 aromatic rings. The van der Waals surface area contributed by atoms with Gasteiger partial charge in [0.1, 0.15) is 11.6 Å². The number of ether oxygens (including phenoxy) is 2. The van der Waals surface area contributed by atoms with Gasteiger partial charge in [-0.05, 0) is 12.5 Å². The highest BCUT2D eigenvalue weighted by Gasteiger charge is 2.29. The summed E-state index contributed by atoms with van der Waals surface area (Å²) in [5.74, 6) is -0.362. The van der Waals surface area contributed by atoms with E-state index in [0.717, 1.165) is 5.56 Å². The molecule has 4 nitrogen and oxygen atoms in total. The molecule has 1 aromatic carbocycles. The van der Waals surface area contributed by atoms with Crippen LogP contribution in [-0.4, -0.2) is 18.5 Å². The van der Waals surface area contributed by atoms with Gasteiger partial charge in [0.2, 0.25) is 5.90 Å². The fourth-order valence-corrected chi connectivity index (χ4v) is 1.68. The maximum Gasteiger partial charge on any atom is 0.366 e. The van der Waals surface area contributed by atoms with Crippen LogP contribution < -0.4 is 0 Å². The van der Waals surface area contributed by atoms with Crippen LogP contribution in [0.2, 0.25) is 0 Å². The van der Waals surface area contributed by atoms with Crippen LogP contribution >= 0.6 is 11.6 Å². The van der Waals surface area contributed by atoms with Gasteiger partial charge in [0.05, 0.1) is 6.61 Å². The van der Waals surface area contributed by atoms with Crippen LogP contribution in [0.3, 0.4) is 0 Å². The van der Waals surface area contributed by atoms with Crippen molar-refractivity contribution in [2.75, 3.05) is 6.61 Å². The largest absolute Gasteiger partial charge is 0.499 e. The van der Waals surface area contributed by atoms with Gasteiger partial charge in [-0.15, -0.1) is 11.6 Å². The highest BCUT2D eigenvalue weighted by molar-refractivity contribution is 6.32. The Hall–Kier alpha value is -1.81. The molecule has 0 aromatic heterocycles. The fraction of sp³-hybridized carbons (Fsp3) is 0.231. The Morgan fingerprint density at radius 1 is 1.44 bits per heavy atom. The number of cyclic esters (lactones) is 1. The van der Waals surface area contributed by atoms with E-state index in [1.807, 2.05) is 37.3 Å². The van der Waals surface area contributed by atoms with E-state index < -0.39 is 11.3 Å². The van der Waals surface area contributed by atoms with Gasteiger partial charge in [-0.25, -0.2) is 9.79 Å². The predicted octanol–water partition coefficient (Wildman–Crippen LogP) is 2.80. The van der Waals surface area contributed by atoms with Crippen molar-refractivity contribution in [3.8, 4) is 0 Å². The number of alkyl halides is 1. The van der Waals surface area contributed by atoms with Gasteiger partial charge in [-0.2, -0.15) is 0 Å². The zero-order valence-corrected chi connectivity index (χ0v) is 10.6. The minimum atomic E-state index is -0.581. The quantitative estimate of drug-likeness (QED) is 0.364. The number of hydrogen-bond acceptors (Lipinski definition) is 4.